The molecule has 0 aliphatic carbocycles. The number of rotatable bonds is 5. The number of aryl methyl sites for hydroxylation is 1. The van der Waals surface area contributed by atoms with Crippen molar-refractivity contribution in [3.05, 3.63) is 29.8 Å². The van der Waals surface area contributed by atoms with Gasteiger partial charge in [-0.3, -0.25) is 9.59 Å². The first-order valence-electron chi connectivity index (χ1n) is 8.34. The van der Waals surface area contributed by atoms with Crippen LogP contribution in [-0.2, 0) is 16.0 Å². The molecule has 0 unspecified atom stereocenters. The molecule has 0 saturated carbocycles. The smallest absolute Gasteiger partial charge is 0.226 e. The molecular weight excluding hydrogens is 276 g/mol. The standard InChI is InChI=1S/C18H26N2O2/c19-17(21)8-4-5-9-18(22)20-14-6-2-1-3-7-15-10-12-16(20)13-11-15/h10-13H,1-9,14H2,(H2,19,21). The number of carbonyl (C=O) groups is 2. The van der Waals surface area contributed by atoms with E-state index in [0.29, 0.717) is 19.3 Å². The zero-order valence-electron chi connectivity index (χ0n) is 13.2. The number of carbonyl (C=O) groups excluding carboxylic acids is 2. The highest BCUT2D eigenvalue weighted by atomic mass is 16.2. The Labute approximate surface area is 132 Å². The van der Waals surface area contributed by atoms with Crippen LogP contribution in [0.25, 0.3) is 0 Å². The number of hydrogen-bond donors (Lipinski definition) is 1. The fraction of sp³-hybridized carbons (Fsp3) is 0.556. The van der Waals surface area contributed by atoms with Crippen LogP contribution in [0.4, 0.5) is 5.69 Å². The van der Waals surface area contributed by atoms with Crippen LogP contribution < -0.4 is 10.6 Å². The van der Waals surface area contributed by atoms with Crippen LogP contribution >= 0.6 is 0 Å². The van der Waals surface area contributed by atoms with Gasteiger partial charge in [0.1, 0.15) is 0 Å². The second-order valence-electron chi connectivity index (χ2n) is 6.05. The Hall–Kier alpha value is -1.84. The zero-order chi connectivity index (χ0) is 15.8. The first-order valence-corrected chi connectivity index (χ1v) is 8.34. The molecular formula is C18H26N2O2. The number of fused-ring (bicyclic) bond motifs is 8. The van der Waals surface area contributed by atoms with Crippen molar-refractivity contribution in [3.63, 3.8) is 0 Å². The number of benzene rings is 1. The minimum absolute atomic E-state index is 0.150. The van der Waals surface area contributed by atoms with Gasteiger partial charge in [-0.25, -0.2) is 0 Å². The SMILES string of the molecule is NC(=O)CCCCC(=O)N1CCCCCCc2ccc1cc2. The Bertz CT molecular complexity index is 496. The van der Waals surface area contributed by atoms with Gasteiger partial charge >= 0.3 is 0 Å². The van der Waals surface area contributed by atoms with Gasteiger partial charge in [0, 0.05) is 25.1 Å². The molecule has 1 aromatic rings. The van der Waals surface area contributed by atoms with E-state index in [1.165, 1.54) is 24.8 Å². The second-order valence-corrected chi connectivity index (χ2v) is 6.05. The van der Waals surface area contributed by atoms with Crippen molar-refractivity contribution >= 4 is 17.5 Å². The van der Waals surface area contributed by atoms with Gasteiger partial charge in [-0.15, -0.1) is 0 Å². The molecule has 120 valence electrons. The summed E-state index contributed by atoms with van der Waals surface area (Å²) in [6, 6.07) is 8.38. The van der Waals surface area contributed by atoms with Crippen LogP contribution in [0.1, 0.15) is 56.9 Å². The fourth-order valence-electron chi connectivity index (χ4n) is 2.90. The third-order valence-corrected chi connectivity index (χ3v) is 4.21. The third kappa shape index (κ3) is 5.17. The summed E-state index contributed by atoms with van der Waals surface area (Å²) in [4.78, 5) is 25.1. The Morgan fingerprint density at radius 1 is 0.955 bits per heavy atom. The Morgan fingerprint density at radius 3 is 2.36 bits per heavy atom. The molecule has 4 heteroatoms. The van der Waals surface area contributed by atoms with Crippen LogP contribution in [0.5, 0.6) is 0 Å². The quantitative estimate of drug-likeness (QED) is 0.849. The molecule has 2 amide bonds. The molecule has 1 aromatic carbocycles. The highest BCUT2D eigenvalue weighted by Crippen LogP contribution is 2.21. The van der Waals surface area contributed by atoms with E-state index < -0.39 is 0 Å². The molecule has 0 saturated heterocycles. The maximum atomic E-state index is 12.5. The molecule has 0 spiro atoms. The van der Waals surface area contributed by atoms with Crippen LogP contribution in [0.3, 0.4) is 0 Å². The Morgan fingerprint density at radius 2 is 1.64 bits per heavy atom. The second kappa shape index (κ2) is 8.57. The molecule has 0 fully saturated rings. The molecule has 2 bridgehead atoms. The molecule has 2 aliphatic rings. The highest BCUT2D eigenvalue weighted by molar-refractivity contribution is 5.93. The van der Waals surface area contributed by atoms with E-state index in [0.717, 1.165) is 31.5 Å². The Balaban J connectivity index is 1.97. The van der Waals surface area contributed by atoms with E-state index in [1.807, 2.05) is 4.90 Å². The number of anilines is 1. The number of hydrogen-bond acceptors (Lipinski definition) is 2. The molecule has 4 nitrogen and oxygen atoms in total. The van der Waals surface area contributed by atoms with E-state index in [-0.39, 0.29) is 11.8 Å². The molecule has 0 radical (unpaired) electrons. The number of amides is 2. The van der Waals surface area contributed by atoms with Gasteiger partial charge < -0.3 is 10.6 Å². The first kappa shape index (κ1) is 16.5. The lowest BCUT2D eigenvalue weighted by Crippen LogP contribution is -2.31. The van der Waals surface area contributed by atoms with Crippen molar-refractivity contribution in [2.75, 3.05) is 11.4 Å². The third-order valence-electron chi connectivity index (χ3n) is 4.21. The van der Waals surface area contributed by atoms with E-state index in [4.69, 9.17) is 5.73 Å². The van der Waals surface area contributed by atoms with Gasteiger partial charge in [-0.05, 0) is 49.8 Å². The minimum atomic E-state index is -0.293. The van der Waals surface area contributed by atoms with Crippen molar-refractivity contribution in [2.45, 2.75) is 57.8 Å². The van der Waals surface area contributed by atoms with Crippen molar-refractivity contribution in [3.8, 4) is 0 Å². The molecule has 22 heavy (non-hydrogen) atoms. The summed E-state index contributed by atoms with van der Waals surface area (Å²) >= 11 is 0. The van der Waals surface area contributed by atoms with Crippen molar-refractivity contribution in [1.82, 2.24) is 0 Å². The monoisotopic (exact) mass is 302 g/mol. The van der Waals surface area contributed by atoms with Crippen molar-refractivity contribution < 1.29 is 9.59 Å². The lowest BCUT2D eigenvalue weighted by Gasteiger charge is -2.23. The van der Waals surface area contributed by atoms with Crippen molar-refractivity contribution in [2.24, 2.45) is 5.73 Å². The summed E-state index contributed by atoms with van der Waals surface area (Å²) < 4.78 is 0. The maximum absolute atomic E-state index is 12.5. The fourth-order valence-corrected chi connectivity index (χ4v) is 2.90. The molecule has 0 atom stereocenters. The van der Waals surface area contributed by atoms with E-state index in [9.17, 15) is 9.59 Å². The van der Waals surface area contributed by atoms with E-state index in [1.54, 1.807) is 0 Å². The average Bonchev–Trinajstić information content (AvgIpc) is 2.58. The van der Waals surface area contributed by atoms with Gasteiger partial charge in [0.15, 0.2) is 0 Å². The first-order chi connectivity index (χ1) is 10.7. The van der Waals surface area contributed by atoms with Gasteiger partial charge in [-0.1, -0.05) is 25.0 Å². The minimum Gasteiger partial charge on any atom is -0.370 e. The van der Waals surface area contributed by atoms with Crippen LogP contribution in [0.2, 0.25) is 0 Å². The molecule has 2 N–H and O–H groups in total. The highest BCUT2D eigenvalue weighted by Gasteiger charge is 2.15. The number of nitrogens with zero attached hydrogens (tertiary/aromatic N) is 1. The number of unbranched alkanes of at least 4 members (excludes halogenated alkanes) is 1. The summed E-state index contributed by atoms with van der Waals surface area (Å²) in [5, 5.41) is 0. The van der Waals surface area contributed by atoms with E-state index >= 15 is 0 Å². The van der Waals surface area contributed by atoms with Crippen LogP contribution in [-0.4, -0.2) is 18.4 Å². The van der Waals surface area contributed by atoms with Crippen molar-refractivity contribution in [1.29, 1.82) is 0 Å². The van der Waals surface area contributed by atoms with Gasteiger partial charge in [0.2, 0.25) is 11.8 Å². The molecule has 2 aliphatic heterocycles. The topological polar surface area (TPSA) is 63.4 Å². The largest absolute Gasteiger partial charge is 0.370 e. The lowest BCUT2D eigenvalue weighted by atomic mass is 10.1. The summed E-state index contributed by atoms with van der Waals surface area (Å²) in [7, 11) is 0. The summed E-state index contributed by atoms with van der Waals surface area (Å²) in [6.45, 7) is 0.786. The summed E-state index contributed by atoms with van der Waals surface area (Å²) in [5.41, 5.74) is 7.47. The van der Waals surface area contributed by atoms with E-state index in [2.05, 4.69) is 24.3 Å². The molecule has 3 rings (SSSR count). The summed E-state index contributed by atoms with van der Waals surface area (Å²) in [5.74, 6) is -0.144. The predicted octanol–water partition coefficient (Wildman–Crippen LogP) is 3.18. The van der Waals surface area contributed by atoms with Gasteiger partial charge in [-0.2, -0.15) is 0 Å². The average molecular weight is 302 g/mol. The molecule has 2 heterocycles. The molecule has 0 aromatic heterocycles. The Kier molecular flexibility index (Phi) is 6.44. The number of primary amides is 1. The summed E-state index contributed by atoms with van der Waals surface area (Å²) in [6.07, 6.45) is 8.05. The maximum Gasteiger partial charge on any atom is 0.226 e. The van der Waals surface area contributed by atoms with Crippen LogP contribution in [0, 0.1) is 0 Å². The normalized spacial score (nSPS) is 15.4. The van der Waals surface area contributed by atoms with Gasteiger partial charge in [0.25, 0.3) is 0 Å². The number of nitrogens with two attached hydrogens (primary N) is 1. The van der Waals surface area contributed by atoms with Gasteiger partial charge in [0.05, 0.1) is 0 Å². The lowest BCUT2D eigenvalue weighted by molar-refractivity contribution is -0.120. The zero-order valence-corrected chi connectivity index (χ0v) is 13.2. The predicted molar refractivity (Wildman–Crippen MR) is 88.6 cm³/mol. The van der Waals surface area contributed by atoms with Crippen LogP contribution in [0.15, 0.2) is 24.3 Å².